The third-order valence-electron chi connectivity index (χ3n) is 2.96. The van der Waals surface area contributed by atoms with E-state index < -0.39 is 5.82 Å². The van der Waals surface area contributed by atoms with Crippen LogP contribution in [0.15, 0.2) is 22.7 Å². The Hall–Kier alpha value is -1.10. The van der Waals surface area contributed by atoms with Crippen molar-refractivity contribution >= 4 is 21.8 Å². The Bertz CT molecular complexity index is 433. The van der Waals surface area contributed by atoms with Crippen LogP contribution in [0.4, 0.5) is 4.39 Å². The zero-order valence-corrected chi connectivity index (χ0v) is 11.6. The highest BCUT2D eigenvalue weighted by Crippen LogP contribution is 2.21. The average molecular weight is 316 g/mol. The van der Waals surface area contributed by atoms with Crippen LogP contribution in [0.2, 0.25) is 0 Å². The number of amides is 1. The van der Waals surface area contributed by atoms with E-state index in [9.17, 15) is 9.18 Å². The highest BCUT2D eigenvalue weighted by atomic mass is 79.9. The number of halogens is 2. The molecule has 0 atom stereocenters. The van der Waals surface area contributed by atoms with E-state index >= 15 is 0 Å². The summed E-state index contributed by atoms with van der Waals surface area (Å²) in [4.78, 5) is 13.6. The van der Waals surface area contributed by atoms with E-state index in [1.807, 2.05) is 0 Å². The fourth-order valence-corrected chi connectivity index (χ4v) is 2.19. The molecular weight excluding hydrogens is 301 g/mol. The molecule has 0 unspecified atom stereocenters. The molecular formula is C13H15BrFNO2. The number of hydrogen-bond donors (Lipinski definition) is 0. The van der Waals surface area contributed by atoms with Gasteiger partial charge in [0.2, 0.25) is 0 Å². The quantitative estimate of drug-likeness (QED) is 0.858. The lowest BCUT2D eigenvalue weighted by Gasteiger charge is -2.26. The second-order valence-electron chi connectivity index (χ2n) is 4.31. The molecule has 0 radical (unpaired) electrons. The van der Waals surface area contributed by atoms with Crippen LogP contribution < -0.4 is 4.74 Å². The van der Waals surface area contributed by atoms with E-state index in [1.165, 1.54) is 12.5 Å². The van der Waals surface area contributed by atoms with Crippen LogP contribution in [0.3, 0.4) is 0 Å². The molecule has 1 heterocycles. The van der Waals surface area contributed by atoms with Crippen molar-refractivity contribution in [3.63, 3.8) is 0 Å². The number of benzene rings is 1. The fourth-order valence-electron chi connectivity index (χ4n) is 1.95. The summed E-state index contributed by atoms with van der Waals surface area (Å²) in [6.07, 6.45) is 3.29. The number of piperidine rings is 1. The fraction of sp³-hybridized carbons (Fsp3) is 0.462. The molecule has 1 aromatic carbocycles. The maximum absolute atomic E-state index is 13.2. The number of likely N-dealkylation sites (tertiary alicyclic amines) is 1. The number of rotatable bonds is 3. The minimum Gasteiger partial charge on any atom is -0.484 e. The van der Waals surface area contributed by atoms with Gasteiger partial charge in [0.05, 0.1) is 4.47 Å². The lowest BCUT2D eigenvalue weighted by Crippen LogP contribution is -2.38. The summed E-state index contributed by atoms with van der Waals surface area (Å²) in [5.41, 5.74) is 0. The first kappa shape index (κ1) is 13.3. The topological polar surface area (TPSA) is 29.5 Å². The molecule has 0 spiro atoms. The van der Waals surface area contributed by atoms with Crippen LogP contribution in [0.5, 0.6) is 5.75 Å². The average Bonchev–Trinajstić information content (AvgIpc) is 2.41. The SMILES string of the molecule is O=C(COc1ccc(Br)c(F)c1)N1CCCCC1. The predicted molar refractivity (Wildman–Crippen MR) is 70.0 cm³/mol. The van der Waals surface area contributed by atoms with Gasteiger partial charge in [0.1, 0.15) is 11.6 Å². The molecule has 0 bridgehead atoms. The Morgan fingerprint density at radius 1 is 1.33 bits per heavy atom. The van der Waals surface area contributed by atoms with Crippen LogP contribution in [0.25, 0.3) is 0 Å². The largest absolute Gasteiger partial charge is 0.484 e. The van der Waals surface area contributed by atoms with Gasteiger partial charge in [-0.3, -0.25) is 4.79 Å². The highest BCUT2D eigenvalue weighted by Gasteiger charge is 2.16. The third-order valence-corrected chi connectivity index (χ3v) is 3.61. The van der Waals surface area contributed by atoms with Crippen molar-refractivity contribution in [2.75, 3.05) is 19.7 Å². The zero-order valence-electron chi connectivity index (χ0n) is 9.99. The molecule has 98 valence electrons. The Labute approximate surface area is 114 Å². The molecule has 5 heteroatoms. The minimum atomic E-state index is -0.391. The number of ether oxygens (including phenoxy) is 1. The summed E-state index contributed by atoms with van der Waals surface area (Å²) in [7, 11) is 0. The second-order valence-corrected chi connectivity index (χ2v) is 5.16. The van der Waals surface area contributed by atoms with Gasteiger partial charge in [-0.05, 0) is 47.3 Å². The highest BCUT2D eigenvalue weighted by molar-refractivity contribution is 9.10. The summed E-state index contributed by atoms with van der Waals surface area (Å²) in [5.74, 6) is -0.0444. The Morgan fingerprint density at radius 3 is 2.72 bits per heavy atom. The van der Waals surface area contributed by atoms with E-state index in [-0.39, 0.29) is 12.5 Å². The molecule has 2 rings (SSSR count). The third kappa shape index (κ3) is 3.45. The first-order chi connectivity index (χ1) is 8.66. The molecule has 0 saturated carbocycles. The molecule has 1 aromatic rings. The van der Waals surface area contributed by atoms with Gasteiger partial charge in [-0.15, -0.1) is 0 Å². The van der Waals surface area contributed by atoms with Crippen LogP contribution in [0, 0.1) is 5.82 Å². The standard InChI is InChI=1S/C13H15BrFNO2/c14-11-5-4-10(8-12(11)15)18-9-13(17)16-6-2-1-3-7-16/h4-5,8H,1-3,6-7,9H2. The van der Waals surface area contributed by atoms with Crippen LogP contribution in [0.1, 0.15) is 19.3 Å². The van der Waals surface area contributed by atoms with Crippen molar-refractivity contribution in [1.29, 1.82) is 0 Å². The molecule has 18 heavy (non-hydrogen) atoms. The van der Waals surface area contributed by atoms with Crippen LogP contribution in [-0.4, -0.2) is 30.5 Å². The van der Waals surface area contributed by atoms with Gasteiger partial charge in [-0.2, -0.15) is 0 Å². The maximum Gasteiger partial charge on any atom is 0.260 e. The Kier molecular flexibility index (Phi) is 4.58. The molecule has 0 aromatic heterocycles. The number of carbonyl (C=O) groups excluding carboxylic acids is 1. The van der Waals surface area contributed by atoms with Crippen molar-refractivity contribution in [3.8, 4) is 5.75 Å². The minimum absolute atomic E-state index is 0.0267. The summed E-state index contributed by atoms with van der Waals surface area (Å²) < 4.78 is 18.9. The number of nitrogens with zero attached hydrogens (tertiary/aromatic N) is 1. The van der Waals surface area contributed by atoms with Gasteiger partial charge < -0.3 is 9.64 Å². The van der Waals surface area contributed by atoms with Gasteiger partial charge in [0.15, 0.2) is 6.61 Å². The van der Waals surface area contributed by atoms with E-state index in [0.29, 0.717) is 10.2 Å². The molecule has 0 N–H and O–H groups in total. The first-order valence-corrected chi connectivity index (χ1v) is 6.82. The summed E-state index contributed by atoms with van der Waals surface area (Å²) >= 11 is 3.07. The molecule has 1 aliphatic heterocycles. The van der Waals surface area contributed by atoms with Gasteiger partial charge in [-0.1, -0.05) is 0 Å². The van der Waals surface area contributed by atoms with Crippen LogP contribution >= 0.6 is 15.9 Å². The van der Waals surface area contributed by atoms with Crippen molar-refractivity contribution < 1.29 is 13.9 Å². The van der Waals surface area contributed by atoms with E-state index in [1.54, 1.807) is 17.0 Å². The molecule has 1 saturated heterocycles. The monoisotopic (exact) mass is 315 g/mol. The van der Waals surface area contributed by atoms with Gasteiger partial charge >= 0.3 is 0 Å². The van der Waals surface area contributed by atoms with E-state index in [0.717, 1.165) is 25.9 Å². The van der Waals surface area contributed by atoms with Crippen molar-refractivity contribution in [2.24, 2.45) is 0 Å². The lowest BCUT2D eigenvalue weighted by molar-refractivity contribution is -0.134. The molecule has 1 aliphatic rings. The Balaban J connectivity index is 1.86. The summed E-state index contributed by atoms with van der Waals surface area (Å²) in [6, 6.07) is 4.47. The molecule has 1 amide bonds. The maximum atomic E-state index is 13.2. The first-order valence-electron chi connectivity index (χ1n) is 6.02. The zero-order chi connectivity index (χ0) is 13.0. The smallest absolute Gasteiger partial charge is 0.260 e. The predicted octanol–water partition coefficient (Wildman–Crippen LogP) is 2.98. The number of carbonyl (C=O) groups is 1. The Morgan fingerprint density at radius 2 is 2.06 bits per heavy atom. The van der Waals surface area contributed by atoms with Gasteiger partial charge in [0.25, 0.3) is 5.91 Å². The van der Waals surface area contributed by atoms with E-state index in [2.05, 4.69) is 15.9 Å². The number of hydrogen-bond acceptors (Lipinski definition) is 2. The summed E-state index contributed by atoms with van der Waals surface area (Å²) in [5, 5.41) is 0. The molecule has 0 aliphatic carbocycles. The molecule has 3 nitrogen and oxygen atoms in total. The normalized spacial score (nSPS) is 15.6. The lowest BCUT2D eigenvalue weighted by atomic mass is 10.1. The second kappa shape index (κ2) is 6.18. The van der Waals surface area contributed by atoms with E-state index in [4.69, 9.17) is 4.74 Å². The summed E-state index contributed by atoms with van der Waals surface area (Å²) in [6.45, 7) is 1.58. The van der Waals surface area contributed by atoms with Gasteiger partial charge in [0, 0.05) is 19.2 Å². The molecule has 1 fully saturated rings. The van der Waals surface area contributed by atoms with Crippen LogP contribution in [-0.2, 0) is 4.79 Å². The van der Waals surface area contributed by atoms with Crippen molar-refractivity contribution in [1.82, 2.24) is 4.90 Å². The van der Waals surface area contributed by atoms with Crippen molar-refractivity contribution in [2.45, 2.75) is 19.3 Å². The van der Waals surface area contributed by atoms with Crippen molar-refractivity contribution in [3.05, 3.63) is 28.5 Å². The van der Waals surface area contributed by atoms with Gasteiger partial charge in [-0.25, -0.2) is 4.39 Å².